The van der Waals surface area contributed by atoms with E-state index in [1.54, 1.807) is 6.20 Å². The zero-order valence-electron chi connectivity index (χ0n) is 11.3. The summed E-state index contributed by atoms with van der Waals surface area (Å²) in [6.07, 6.45) is 6.12. The van der Waals surface area contributed by atoms with Crippen LogP contribution in [-0.2, 0) is 0 Å². The molecule has 0 saturated carbocycles. The van der Waals surface area contributed by atoms with Crippen LogP contribution in [0.2, 0.25) is 0 Å². The summed E-state index contributed by atoms with van der Waals surface area (Å²) in [6.45, 7) is 3.36. The lowest BCUT2D eigenvalue weighted by atomic mass is 9.84. The van der Waals surface area contributed by atoms with E-state index in [1.165, 1.54) is 25.9 Å². The number of amides is 1. The summed E-state index contributed by atoms with van der Waals surface area (Å²) >= 11 is 0. The van der Waals surface area contributed by atoms with E-state index in [0.717, 1.165) is 12.2 Å². The Hall–Kier alpha value is -1.88. The van der Waals surface area contributed by atoms with E-state index in [-0.39, 0.29) is 11.9 Å². The number of pyridine rings is 1. The van der Waals surface area contributed by atoms with Crippen molar-refractivity contribution in [3.63, 3.8) is 0 Å². The Kier molecular flexibility index (Phi) is 2.73. The van der Waals surface area contributed by atoms with Gasteiger partial charge in [-0.3, -0.25) is 4.79 Å². The zero-order chi connectivity index (χ0) is 13.5. The van der Waals surface area contributed by atoms with Gasteiger partial charge in [0.15, 0.2) is 0 Å². The number of fused-ring (bicyclic) bond motifs is 4. The number of nitrogens with one attached hydrogen (secondary N) is 1. The average molecular weight is 270 g/mol. The smallest absolute Gasteiger partial charge is 0.271 e. The van der Waals surface area contributed by atoms with Gasteiger partial charge in [-0.25, -0.2) is 4.98 Å². The maximum Gasteiger partial charge on any atom is 0.271 e. The molecule has 0 aromatic carbocycles. The van der Waals surface area contributed by atoms with Gasteiger partial charge in [0, 0.05) is 25.0 Å². The molecule has 3 aliphatic heterocycles. The van der Waals surface area contributed by atoms with Crippen molar-refractivity contribution in [3.8, 4) is 0 Å². The van der Waals surface area contributed by atoms with Crippen LogP contribution >= 0.6 is 0 Å². The molecule has 3 fully saturated rings. The topological polar surface area (TPSA) is 49.6 Å². The second-order valence-electron chi connectivity index (χ2n) is 5.81. The fourth-order valence-electron chi connectivity index (χ4n) is 3.42. The number of hydrogen-bond acceptors (Lipinski definition) is 3. The van der Waals surface area contributed by atoms with Gasteiger partial charge in [-0.1, -0.05) is 6.07 Å². The van der Waals surface area contributed by atoms with E-state index in [1.807, 2.05) is 28.8 Å². The van der Waals surface area contributed by atoms with Crippen LogP contribution in [0, 0.1) is 5.92 Å². The predicted octanol–water partition coefficient (Wildman–Crippen LogP) is 1.16. The number of rotatable bonds is 2. The monoisotopic (exact) mass is 270 g/mol. The van der Waals surface area contributed by atoms with E-state index in [0.29, 0.717) is 11.6 Å². The van der Waals surface area contributed by atoms with Gasteiger partial charge in [0.25, 0.3) is 5.91 Å². The summed E-state index contributed by atoms with van der Waals surface area (Å²) < 4.78 is 1.88. The molecule has 5 heterocycles. The first kappa shape index (κ1) is 11.9. The van der Waals surface area contributed by atoms with Gasteiger partial charge in [0.1, 0.15) is 11.3 Å². The van der Waals surface area contributed by atoms with Crippen LogP contribution < -0.4 is 5.32 Å². The Balaban J connectivity index is 1.52. The first-order valence-corrected chi connectivity index (χ1v) is 7.26. The first-order chi connectivity index (χ1) is 9.79. The van der Waals surface area contributed by atoms with E-state index < -0.39 is 0 Å². The molecule has 0 aliphatic carbocycles. The maximum atomic E-state index is 12.4. The molecule has 5 nitrogen and oxygen atoms in total. The molecule has 1 atom stereocenters. The van der Waals surface area contributed by atoms with E-state index >= 15 is 0 Å². The van der Waals surface area contributed by atoms with Crippen molar-refractivity contribution in [2.24, 2.45) is 5.92 Å². The lowest BCUT2D eigenvalue weighted by Gasteiger charge is -2.44. The summed E-state index contributed by atoms with van der Waals surface area (Å²) in [5.41, 5.74) is 1.32. The summed E-state index contributed by atoms with van der Waals surface area (Å²) in [6, 6.07) is 6.06. The van der Waals surface area contributed by atoms with E-state index in [4.69, 9.17) is 0 Å². The number of piperidine rings is 3. The van der Waals surface area contributed by atoms with Crippen molar-refractivity contribution < 1.29 is 4.79 Å². The summed E-state index contributed by atoms with van der Waals surface area (Å²) in [5.74, 6) is 0.591. The normalized spacial score (nSPS) is 28.7. The number of imidazole rings is 1. The molecular weight excluding hydrogens is 252 g/mol. The Morgan fingerprint density at radius 1 is 1.30 bits per heavy atom. The Morgan fingerprint density at radius 2 is 2.15 bits per heavy atom. The van der Waals surface area contributed by atoms with Crippen LogP contribution in [0.25, 0.3) is 5.65 Å². The minimum atomic E-state index is -0.0487. The molecule has 0 spiro atoms. The van der Waals surface area contributed by atoms with Crippen molar-refractivity contribution in [3.05, 3.63) is 36.3 Å². The van der Waals surface area contributed by atoms with Gasteiger partial charge >= 0.3 is 0 Å². The minimum Gasteiger partial charge on any atom is -0.346 e. The summed E-state index contributed by atoms with van der Waals surface area (Å²) in [7, 11) is 0. The molecule has 3 aliphatic rings. The molecule has 2 aromatic heterocycles. The highest BCUT2D eigenvalue weighted by molar-refractivity contribution is 5.93. The molecular formula is C15H18N4O. The Labute approximate surface area is 117 Å². The zero-order valence-corrected chi connectivity index (χ0v) is 11.3. The highest BCUT2D eigenvalue weighted by atomic mass is 16.2. The lowest BCUT2D eigenvalue weighted by Crippen LogP contribution is -2.57. The van der Waals surface area contributed by atoms with Crippen molar-refractivity contribution >= 4 is 11.6 Å². The standard InChI is InChI=1S/C15H18N4O/c20-15(13-10-19-6-2-1-3-14(19)16-13)17-12-9-18-7-4-11(12)5-8-18/h1-3,6,10-12H,4-5,7-9H2,(H,17,20)/t12-/m1/s1. The molecule has 3 saturated heterocycles. The van der Waals surface area contributed by atoms with Gasteiger partial charge in [-0.2, -0.15) is 0 Å². The summed E-state index contributed by atoms with van der Waals surface area (Å²) in [5, 5.41) is 3.17. The molecule has 2 bridgehead atoms. The maximum absolute atomic E-state index is 12.4. The molecule has 0 radical (unpaired) electrons. The quantitative estimate of drug-likeness (QED) is 0.891. The predicted molar refractivity (Wildman–Crippen MR) is 75.6 cm³/mol. The van der Waals surface area contributed by atoms with Crippen LogP contribution in [0.15, 0.2) is 30.6 Å². The van der Waals surface area contributed by atoms with Crippen LogP contribution in [0.1, 0.15) is 23.3 Å². The molecule has 0 unspecified atom stereocenters. The fraction of sp³-hybridized carbons (Fsp3) is 0.467. The van der Waals surface area contributed by atoms with Gasteiger partial charge in [-0.15, -0.1) is 0 Å². The number of aromatic nitrogens is 2. The van der Waals surface area contributed by atoms with Gasteiger partial charge < -0.3 is 14.6 Å². The third kappa shape index (κ3) is 1.98. The van der Waals surface area contributed by atoms with Crippen molar-refractivity contribution in [2.45, 2.75) is 18.9 Å². The van der Waals surface area contributed by atoms with Crippen LogP contribution in [-0.4, -0.2) is 45.9 Å². The molecule has 5 heteroatoms. The molecule has 1 amide bonds. The highest BCUT2D eigenvalue weighted by Gasteiger charge is 2.35. The van der Waals surface area contributed by atoms with Crippen molar-refractivity contribution in [1.29, 1.82) is 0 Å². The van der Waals surface area contributed by atoms with Gasteiger partial charge in [-0.05, 0) is 44.0 Å². The first-order valence-electron chi connectivity index (χ1n) is 7.26. The number of carbonyl (C=O) groups is 1. The third-order valence-corrected chi connectivity index (χ3v) is 4.57. The largest absolute Gasteiger partial charge is 0.346 e. The molecule has 1 N–H and O–H groups in total. The number of hydrogen-bond donors (Lipinski definition) is 1. The number of nitrogens with zero attached hydrogens (tertiary/aromatic N) is 3. The summed E-state index contributed by atoms with van der Waals surface area (Å²) in [4.78, 5) is 19.2. The second kappa shape index (κ2) is 4.59. The Morgan fingerprint density at radius 3 is 2.85 bits per heavy atom. The molecule has 5 rings (SSSR count). The molecule has 20 heavy (non-hydrogen) atoms. The van der Waals surface area contributed by atoms with Crippen molar-refractivity contribution in [2.75, 3.05) is 19.6 Å². The van der Waals surface area contributed by atoms with Gasteiger partial charge in [0.2, 0.25) is 0 Å². The molecule has 104 valence electrons. The third-order valence-electron chi connectivity index (χ3n) is 4.57. The Bertz CT molecular complexity index is 609. The van der Waals surface area contributed by atoms with Crippen LogP contribution in [0.3, 0.4) is 0 Å². The second-order valence-corrected chi connectivity index (χ2v) is 5.81. The van der Waals surface area contributed by atoms with E-state index in [9.17, 15) is 4.79 Å². The number of carbonyl (C=O) groups excluding carboxylic acids is 1. The highest BCUT2D eigenvalue weighted by Crippen LogP contribution is 2.27. The van der Waals surface area contributed by atoms with E-state index in [2.05, 4.69) is 15.2 Å². The fourth-order valence-corrected chi connectivity index (χ4v) is 3.42. The molecule has 2 aromatic rings. The minimum absolute atomic E-state index is 0.0487. The van der Waals surface area contributed by atoms with Crippen LogP contribution in [0.5, 0.6) is 0 Å². The average Bonchev–Trinajstić information content (AvgIpc) is 2.92. The lowest BCUT2D eigenvalue weighted by molar-refractivity contribution is 0.0618. The van der Waals surface area contributed by atoms with Crippen molar-refractivity contribution in [1.82, 2.24) is 19.6 Å². The van der Waals surface area contributed by atoms with Gasteiger partial charge in [0.05, 0.1) is 0 Å². The van der Waals surface area contributed by atoms with Crippen LogP contribution in [0.4, 0.5) is 0 Å². The SMILES string of the molecule is O=C(N[C@@H]1CN2CCC1CC2)c1cn2ccccc2n1.